The quantitative estimate of drug-likeness (QED) is 0.509. The molecule has 0 fully saturated rings. The van der Waals surface area contributed by atoms with Crippen LogP contribution in [0, 0.1) is 6.92 Å². The molecule has 0 aliphatic carbocycles. The highest BCUT2D eigenvalue weighted by Gasteiger charge is 2.13. The summed E-state index contributed by atoms with van der Waals surface area (Å²) < 4.78 is 0. The molecule has 0 saturated heterocycles. The van der Waals surface area contributed by atoms with E-state index >= 15 is 0 Å². The van der Waals surface area contributed by atoms with Crippen LogP contribution in [0.3, 0.4) is 0 Å². The van der Waals surface area contributed by atoms with Crippen molar-refractivity contribution < 1.29 is 4.79 Å². The molecule has 0 spiro atoms. The van der Waals surface area contributed by atoms with Gasteiger partial charge in [-0.15, -0.1) is 0 Å². The Labute approximate surface area is 164 Å². The zero-order valence-corrected chi connectivity index (χ0v) is 15.6. The number of rotatable bonds is 5. The van der Waals surface area contributed by atoms with Gasteiger partial charge >= 0.3 is 0 Å². The van der Waals surface area contributed by atoms with Gasteiger partial charge < -0.3 is 10.6 Å². The molecule has 0 bridgehead atoms. The average molecular weight is 367 g/mol. The van der Waals surface area contributed by atoms with Crippen molar-refractivity contribution in [3.63, 3.8) is 0 Å². The maximum absolute atomic E-state index is 12.9. The Kier molecular flexibility index (Phi) is 5.02. The lowest BCUT2D eigenvalue weighted by atomic mass is 10.1. The van der Waals surface area contributed by atoms with Crippen molar-refractivity contribution in [3.05, 3.63) is 102 Å². The summed E-state index contributed by atoms with van der Waals surface area (Å²) in [6, 6.07) is 27.4. The first-order valence-corrected chi connectivity index (χ1v) is 9.25. The van der Waals surface area contributed by atoms with Crippen molar-refractivity contribution >= 4 is 28.3 Å². The van der Waals surface area contributed by atoms with Gasteiger partial charge in [0.05, 0.1) is 11.1 Å². The summed E-state index contributed by atoms with van der Waals surface area (Å²) in [5, 5.41) is 7.19. The zero-order chi connectivity index (χ0) is 19.3. The number of nitrogens with zero attached hydrogens (tertiary/aromatic N) is 1. The minimum Gasteiger partial charge on any atom is -0.348 e. The molecule has 1 amide bonds. The Bertz CT molecular complexity index is 1120. The summed E-state index contributed by atoms with van der Waals surface area (Å²) >= 11 is 0. The number of aryl methyl sites for hydroxylation is 1. The van der Waals surface area contributed by atoms with Gasteiger partial charge in [0, 0.05) is 17.6 Å². The third-order valence-electron chi connectivity index (χ3n) is 4.66. The lowest BCUT2D eigenvalue weighted by Gasteiger charge is -2.13. The summed E-state index contributed by atoms with van der Waals surface area (Å²) in [7, 11) is 0. The molecule has 0 unspecified atom stereocenters. The molecular formula is C24H21N3O. The van der Waals surface area contributed by atoms with E-state index < -0.39 is 0 Å². The van der Waals surface area contributed by atoms with Crippen molar-refractivity contribution in [2.45, 2.75) is 13.5 Å². The molecule has 0 aliphatic heterocycles. The van der Waals surface area contributed by atoms with Crippen LogP contribution in [0.5, 0.6) is 0 Å². The molecule has 28 heavy (non-hydrogen) atoms. The van der Waals surface area contributed by atoms with Gasteiger partial charge in [0.25, 0.3) is 5.91 Å². The standard InChI is InChI=1S/C24H21N3O/c1-17-9-5-7-13-21(17)26-23-15-20(19-12-6-8-14-22(19)27-23)24(28)25-16-18-10-3-2-4-11-18/h2-15H,16H2,1H3,(H,25,28)(H,26,27). The number of anilines is 2. The van der Waals surface area contributed by atoms with Crippen molar-refractivity contribution in [3.8, 4) is 0 Å². The number of para-hydroxylation sites is 2. The minimum atomic E-state index is -0.115. The number of benzene rings is 3. The number of carbonyl (C=O) groups is 1. The highest BCUT2D eigenvalue weighted by molar-refractivity contribution is 6.07. The number of hydrogen-bond acceptors (Lipinski definition) is 3. The van der Waals surface area contributed by atoms with Crippen molar-refractivity contribution in [1.29, 1.82) is 0 Å². The second-order valence-corrected chi connectivity index (χ2v) is 6.68. The molecule has 4 heteroatoms. The summed E-state index contributed by atoms with van der Waals surface area (Å²) in [5.41, 5.74) is 4.55. The van der Waals surface area contributed by atoms with Crippen LogP contribution >= 0.6 is 0 Å². The highest BCUT2D eigenvalue weighted by atomic mass is 16.1. The fraction of sp³-hybridized carbons (Fsp3) is 0.0833. The first kappa shape index (κ1) is 17.7. The van der Waals surface area contributed by atoms with E-state index in [1.54, 1.807) is 0 Å². The molecule has 0 radical (unpaired) electrons. The zero-order valence-electron chi connectivity index (χ0n) is 15.6. The van der Waals surface area contributed by atoms with Crippen LogP contribution in [0.15, 0.2) is 84.9 Å². The van der Waals surface area contributed by atoms with E-state index in [-0.39, 0.29) is 5.91 Å². The fourth-order valence-electron chi connectivity index (χ4n) is 3.15. The number of fused-ring (bicyclic) bond motifs is 1. The molecule has 4 aromatic rings. The summed E-state index contributed by atoms with van der Waals surface area (Å²) in [6.45, 7) is 2.52. The van der Waals surface area contributed by atoms with E-state index in [0.29, 0.717) is 17.9 Å². The van der Waals surface area contributed by atoms with E-state index in [0.717, 1.165) is 27.7 Å². The molecule has 0 aliphatic rings. The number of carbonyl (C=O) groups excluding carboxylic acids is 1. The number of pyridine rings is 1. The lowest BCUT2D eigenvalue weighted by Crippen LogP contribution is -2.23. The molecule has 3 aromatic carbocycles. The van der Waals surface area contributed by atoms with Crippen LogP contribution in [0.2, 0.25) is 0 Å². The van der Waals surface area contributed by atoms with Gasteiger partial charge in [0.15, 0.2) is 0 Å². The molecule has 1 heterocycles. The smallest absolute Gasteiger partial charge is 0.252 e. The van der Waals surface area contributed by atoms with Crippen molar-refractivity contribution in [2.75, 3.05) is 5.32 Å². The van der Waals surface area contributed by atoms with Gasteiger partial charge in [-0.3, -0.25) is 4.79 Å². The Morgan fingerprint density at radius 2 is 1.61 bits per heavy atom. The Balaban J connectivity index is 1.66. The molecular weight excluding hydrogens is 346 g/mol. The maximum Gasteiger partial charge on any atom is 0.252 e. The molecule has 2 N–H and O–H groups in total. The first-order valence-electron chi connectivity index (χ1n) is 9.25. The Hall–Kier alpha value is -3.66. The predicted octanol–water partition coefficient (Wildman–Crippen LogP) is 5.22. The third kappa shape index (κ3) is 3.86. The summed E-state index contributed by atoms with van der Waals surface area (Å²) in [5.74, 6) is 0.535. The van der Waals surface area contributed by atoms with Crippen LogP contribution < -0.4 is 10.6 Å². The SMILES string of the molecule is Cc1ccccc1Nc1cc(C(=O)NCc2ccccc2)c2ccccc2n1. The maximum atomic E-state index is 12.9. The Morgan fingerprint density at radius 1 is 0.893 bits per heavy atom. The monoisotopic (exact) mass is 367 g/mol. The van der Waals surface area contributed by atoms with E-state index in [1.807, 2.05) is 91.9 Å². The van der Waals surface area contributed by atoms with Crippen LogP contribution in [0.1, 0.15) is 21.5 Å². The summed E-state index contributed by atoms with van der Waals surface area (Å²) in [4.78, 5) is 17.6. The highest BCUT2D eigenvalue weighted by Crippen LogP contribution is 2.24. The predicted molar refractivity (Wildman–Crippen MR) is 114 cm³/mol. The second-order valence-electron chi connectivity index (χ2n) is 6.68. The van der Waals surface area contributed by atoms with Gasteiger partial charge in [0.1, 0.15) is 5.82 Å². The lowest BCUT2D eigenvalue weighted by molar-refractivity contribution is 0.0952. The molecule has 4 nitrogen and oxygen atoms in total. The number of aromatic nitrogens is 1. The molecule has 138 valence electrons. The topological polar surface area (TPSA) is 54.0 Å². The molecule has 0 saturated carbocycles. The van der Waals surface area contributed by atoms with Gasteiger partial charge in [-0.05, 0) is 36.2 Å². The molecule has 0 atom stereocenters. The first-order chi connectivity index (χ1) is 13.7. The van der Waals surface area contributed by atoms with Crippen molar-refractivity contribution in [1.82, 2.24) is 10.3 Å². The van der Waals surface area contributed by atoms with E-state index in [9.17, 15) is 4.79 Å². The van der Waals surface area contributed by atoms with Gasteiger partial charge in [0.2, 0.25) is 0 Å². The van der Waals surface area contributed by atoms with E-state index in [4.69, 9.17) is 0 Å². The van der Waals surface area contributed by atoms with Crippen LogP contribution in [0.4, 0.5) is 11.5 Å². The third-order valence-corrected chi connectivity index (χ3v) is 4.66. The summed E-state index contributed by atoms with van der Waals surface area (Å²) in [6.07, 6.45) is 0. The van der Waals surface area contributed by atoms with Gasteiger partial charge in [-0.2, -0.15) is 0 Å². The van der Waals surface area contributed by atoms with Gasteiger partial charge in [-0.25, -0.2) is 4.98 Å². The number of nitrogens with one attached hydrogen (secondary N) is 2. The van der Waals surface area contributed by atoms with Crippen molar-refractivity contribution in [2.24, 2.45) is 0 Å². The Morgan fingerprint density at radius 3 is 2.43 bits per heavy atom. The number of hydrogen-bond donors (Lipinski definition) is 2. The largest absolute Gasteiger partial charge is 0.348 e. The fourth-order valence-corrected chi connectivity index (χ4v) is 3.15. The molecule has 4 rings (SSSR count). The van der Waals surface area contributed by atoms with Gasteiger partial charge in [-0.1, -0.05) is 66.7 Å². The van der Waals surface area contributed by atoms with Crippen LogP contribution in [-0.4, -0.2) is 10.9 Å². The van der Waals surface area contributed by atoms with E-state index in [2.05, 4.69) is 15.6 Å². The second kappa shape index (κ2) is 7.92. The van der Waals surface area contributed by atoms with Crippen LogP contribution in [-0.2, 0) is 6.54 Å². The van der Waals surface area contributed by atoms with E-state index in [1.165, 1.54) is 0 Å². The average Bonchev–Trinajstić information content (AvgIpc) is 2.74. The van der Waals surface area contributed by atoms with Crippen LogP contribution in [0.25, 0.3) is 10.9 Å². The molecule has 1 aromatic heterocycles. The number of amides is 1. The normalized spacial score (nSPS) is 10.6. The minimum absolute atomic E-state index is 0.115.